The first kappa shape index (κ1) is 16.6. The Hall–Kier alpha value is -1.76. The number of alkyl halides is 3. The molecule has 0 saturated heterocycles. The summed E-state index contributed by atoms with van der Waals surface area (Å²) in [6, 6.07) is 4.88. The number of halogens is 4. The summed E-state index contributed by atoms with van der Waals surface area (Å²) < 4.78 is 36.9. The van der Waals surface area contributed by atoms with E-state index < -0.39 is 36.4 Å². The second-order valence-corrected chi connectivity index (χ2v) is 5.66. The molecule has 1 aromatic rings. The van der Waals surface area contributed by atoms with Gasteiger partial charge in [-0.1, -0.05) is 23.7 Å². The molecule has 2 rings (SSSR count). The van der Waals surface area contributed by atoms with E-state index in [1.54, 1.807) is 24.3 Å². The van der Waals surface area contributed by atoms with Crippen LogP contribution in [0.5, 0.6) is 0 Å². The first-order chi connectivity index (χ1) is 10.2. The number of carboxylic acids is 1. The van der Waals surface area contributed by atoms with Gasteiger partial charge in [0, 0.05) is 10.9 Å². The van der Waals surface area contributed by atoms with Gasteiger partial charge in [0.25, 0.3) is 0 Å². The number of rotatable bonds is 5. The number of hydrogen-bond acceptors (Lipinski definition) is 2. The standard InChI is InChI=1S/C14H13ClF3NO3/c15-8-3-1-2-7(4-8)9-5-10(9)12(20)19-11(13(21)22)6-14(16,17)18/h1-4,9-11H,5-6H2,(H,19,20)(H,21,22). The van der Waals surface area contributed by atoms with Crippen LogP contribution in [0.25, 0.3) is 0 Å². The van der Waals surface area contributed by atoms with Gasteiger partial charge in [0.15, 0.2) is 0 Å². The minimum atomic E-state index is -4.66. The van der Waals surface area contributed by atoms with Crippen molar-refractivity contribution in [1.29, 1.82) is 0 Å². The van der Waals surface area contributed by atoms with Crippen molar-refractivity contribution >= 4 is 23.5 Å². The first-order valence-electron chi connectivity index (χ1n) is 6.53. The molecule has 8 heteroatoms. The molecule has 22 heavy (non-hydrogen) atoms. The van der Waals surface area contributed by atoms with Gasteiger partial charge in [0.2, 0.25) is 5.91 Å². The van der Waals surface area contributed by atoms with Crippen molar-refractivity contribution in [2.24, 2.45) is 5.92 Å². The zero-order chi connectivity index (χ0) is 16.5. The lowest BCUT2D eigenvalue weighted by atomic mass is 10.1. The van der Waals surface area contributed by atoms with Crippen LogP contribution in [-0.2, 0) is 9.59 Å². The van der Waals surface area contributed by atoms with E-state index in [0.29, 0.717) is 11.4 Å². The molecular formula is C14H13ClF3NO3. The number of amides is 1. The van der Waals surface area contributed by atoms with Crippen molar-refractivity contribution in [1.82, 2.24) is 5.32 Å². The Morgan fingerprint density at radius 3 is 2.64 bits per heavy atom. The molecule has 0 heterocycles. The van der Waals surface area contributed by atoms with E-state index in [-0.39, 0.29) is 5.92 Å². The molecule has 3 unspecified atom stereocenters. The molecule has 0 spiro atoms. The number of hydrogen-bond donors (Lipinski definition) is 2. The van der Waals surface area contributed by atoms with Gasteiger partial charge in [0.1, 0.15) is 6.04 Å². The summed E-state index contributed by atoms with van der Waals surface area (Å²) in [5.41, 5.74) is 0.815. The largest absolute Gasteiger partial charge is 0.480 e. The van der Waals surface area contributed by atoms with Crippen LogP contribution in [0.4, 0.5) is 13.2 Å². The fraction of sp³-hybridized carbons (Fsp3) is 0.429. The molecule has 1 amide bonds. The molecule has 1 saturated carbocycles. The SMILES string of the molecule is O=C(O)C(CC(F)(F)F)NC(=O)C1CC1c1cccc(Cl)c1. The van der Waals surface area contributed by atoms with Crippen molar-refractivity contribution < 1.29 is 27.9 Å². The molecule has 1 fully saturated rings. The van der Waals surface area contributed by atoms with Gasteiger partial charge in [0.05, 0.1) is 6.42 Å². The summed E-state index contributed by atoms with van der Waals surface area (Å²) in [5, 5.41) is 11.2. The molecule has 0 radical (unpaired) electrons. The minimum Gasteiger partial charge on any atom is -0.480 e. The molecule has 2 N–H and O–H groups in total. The Labute approximate surface area is 129 Å². The average molecular weight is 336 g/mol. The van der Waals surface area contributed by atoms with Crippen molar-refractivity contribution in [3.05, 3.63) is 34.9 Å². The number of aliphatic carboxylic acids is 1. The van der Waals surface area contributed by atoms with Crippen LogP contribution in [0.3, 0.4) is 0 Å². The highest BCUT2D eigenvalue weighted by Gasteiger charge is 2.46. The Balaban J connectivity index is 1.97. The molecule has 4 nitrogen and oxygen atoms in total. The van der Waals surface area contributed by atoms with Gasteiger partial charge < -0.3 is 10.4 Å². The maximum absolute atomic E-state index is 12.3. The van der Waals surface area contributed by atoms with Crippen LogP contribution in [-0.4, -0.2) is 29.2 Å². The van der Waals surface area contributed by atoms with E-state index in [0.717, 1.165) is 5.56 Å². The molecule has 0 bridgehead atoms. The lowest BCUT2D eigenvalue weighted by Crippen LogP contribution is -2.44. The van der Waals surface area contributed by atoms with Gasteiger partial charge in [-0.2, -0.15) is 13.2 Å². The van der Waals surface area contributed by atoms with Crippen LogP contribution >= 0.6 is 11.6 Å². The summed E-state index contributed by atoms with van der Waals surface area (Å²) in [5.74, 6) is -3.04. The summed E-state index contributed by atoms with van der Waals surface area (Å²) in [7, 11) is 0. The number of carboxylic acid groups (broad SMARTS) is 1. The van der Waals surface area contributed by atoms with Crippen LogP contribution in [0.15, 0.2) is 24.3 Å². The maximum Gasteiger partial charge on any atom is 0.391 e. The first-order valence-corrected chi connectivity index (χ1v) is 6.90. The van der Waals surface area contributed by atoms with Gasteiger partial charge >= 0.3 is 12.1 Å². The quantitative estimate of drug-likeness (QED) is 0.869. The molecule has 3 atom stereocenters. The zero-order valence-electron chi connectivity index (χ0n) is 11.2. The van der Waals surface area contributed by atoms with Crippen LogP contribution < -0.4 is 5.32 Å². The summed E-state index contributed by atoms with van der Waals surface area (Å²) >= 11 is 5.84. The molecule has 120 valence electrons. The average Bonchev–Trinajstić information content (AvgIpc) is 3.16. The van der Waals surface area contributed by atoms with Gasteiger partial charge in [-0.05, 0) is 30.0 Å². The maximum atomic E-state index is 12.3. The summed E-state index contributed by atoms with van der Waals surface area (Å²) in [6.07, 6.45) is -5.79. The van der Waals surface area contributed by atoms with Crippen molar-refractivity contribution in [3.8, 4) is 0 Å². The fourth-order valence-electron chi connectivity index (χ4n) is 2.30. The number of carbonyl (C=O) groups excluding carboxylic acids is 1. The Bertz CT molecular complexity index is 591. The van der Waals surface area contributed by atoms with E-state index in [9.17, 15) is 22.8 Å². The zero-order valence-corrected chi connectivity index (χ0v) is 12.0. The fourth-order valence-corrected chi connectivity index (χ4v) is 2.50. The number of carbonyl (C=O) groups is 2. The van der Waals surface area contributed by atoms with Crippen molar-refractivity contribution in [2.45, 2.75) is 31.0 Å². The molecule has 1 aromatic carbocycles. The Morgan fingerprint density at radius 1 is 1.41 bits per heavy atom. The molecule has 1 aliphatic carbocycles. The van der Waals surface area contributed by atoms with E-state index in [1.807, 2.05) is 5.32 Å². The van der Waals surface area contributed by atoms with Crippen molar-refractivity contribution in [2.75, 3.05) is 0 Å². The number of nitrogens with one attached hydrogen (secondary N) is 1. The van der Waals surface area contributed by atoms with Crippen molar-refractivity contribution in [3.63, 3.8) is 0 Å². The van der Waals surface area contributed by atoms with Crippen LogP contribution in [0.2, 0.25) is 5.02 Å². The highest BCUT2D eigenvalue weighted by Crippen LogP contribution is 2.48. The van der Waals surface area contributed by atoms with E-state index in [2.05, 4.69) is 0 Å². The predicted molar refractivity (Wildman–Crippen MR) is 72.5 cm³/mol. The Morgan fingerprint density at radius 2 is 2.09 bits per heavy atom. The smallest absolute Gasteiger partial charge is 0.391 e. The topological polar surface area (TPSA) is 66.4 Å². The lowest BCUT2D eigenvalue weighted by molar-refractivity contribution is -0.160. The van der Waals surface area contributed by atoms with Crippen LogP contribution in [0.1, 0.15) is 24.3 Å². The molecular weight excluding hydrogens is 323 g/mol. The molecule has 0 aromatic heterocycles. The van der Waals surface area contributed by atoms with Gasteiger partial charge in [-0.15, -0.1) is 0 Å². The lowest BCUT2D eigenvalue weighted by Gasteiger charge is -2.16. The monoisotopic (exact) mass is 335 g/mol. The third kappa shape index (κ3) is 4.37. The minimum absolute atomic E-state index is 0.140. The van der Waals surface area contributed by atoms with Gasteiger partial charge in [-0.25, -0.2) is 4.79 Å². The summed E-state index contributed by atoms with van der Waals surface area (Å²) in [4.78, 5) is 22.7. The normalized spacial score (nSPS) is 22.0. The van der Waals surface area contributed by atoms with E-state index in [4.69, 9.17) is 16.7 Å². The molecule has 0 aliphatic heterocycles. The third-order valence-electron chi connectivity index (χ3n) is 3.45. The van der Waals surface area contributed by atoms with E-state index in [1.165, 1.54) is 0 Å². The second kappa shape index (κ2) is 6.16. The predicted octanol–water partition coefficient (Wildman–Crippen LogP) is 2.97. The van der Waals surface area contributed by atoms with Gasteiger partial charge in [-0.3, -0.25) is 4.79 Å². The Kier molecular flexibility index (Phi) is 4.65. The second-order valence-electron chi connectivity index (χ2n) is 5.22. The summed E-state index contributed by atoms with van der Waals surface area (Å²) in [6.45, 7) is 0. The highest BCUT2D eigenvalue weighted by molar-refractivity contribution is 6.30. The van der Waals surface area contributed by atoms with Crippen LogP contribution in [0, 0.1) is 5.92 Å². The number of benzene rings is 1. The molecule has 1 aliphatic rings. The van der Waals surface area contributed by atoms with E-state index >= 15 is 0 Å². The third-order valence-corrected chi connectivity index (χ3v) is 3.69. The highest BCUT2D eigenvalue weighted by atomic mass is 35.5.